The number of amides is 1. The second kappa shape index (κ2) is 3.72. The fraction of sp³-hybridized carbons (Fsp3) is 0.444. The lowest BCUT2D eigenvalue weighted by Gasteiger charge is -2.32. The lowest BCUT2D eigenvalue weighted by molar-refractivity contribution is -0.129. The Kier molecular flexibility index (Phi) is 2.40. The summed E-state index contributed by atoms with van der Waals surface area (Å²) in [5.74, 6) is 1.18. The Balaban J connectivity index is 2.12. The van der Waals surface area contributed by atoms with Gasteiger partial charge < -0.3 is 15.5 Å². The second-order valence-electron chi connectivity index (χ2n) is 3.55. The summed E-state index contributed by atoms with van der Waals surface area (Å²) in [6.07, 6.45) is 0. The first-order valence-corrected chi connectivity index (χ1v) is 4.75. The third kappa shape index (κ3) is 1.98. The fourth-order valence-electron chi connectivity index (χ4n) is 1.46. The number of carbonyl (C=O) groups excluding carboxylic acids is 1. The minimum Gasteiger partial charge on any atom is -0.382 e. The van der Waals surface area contributed by atoms with E-state index in [1.807, 2.05) is 4.90 Å². The maximum Gasteiger partial charge on any atom is 0.241 e. The van der Waals surface area contributed by atoms with Gasteiger partial charge in [-0.25, -0.2) is 0 Å². The lowest BCUT2D eigenvalue weighted by Crippen LogP contribution is -2.48. The number of nitrogen functional groups attached to an aromatic ring is 1. The predicted octanol–water partition coefficient (Wildman–Crippen LogP) is -0.663. The largest absolute Gasteiger partial charge is 0.382 e. The maximum absolute atomic E-state index is 11.5. The molecule has 0 unspecified atom stereocenters. The molecule has 0 saturated carbocycles. The number of hydrogen-bond acceptors (Lipinski definition) is 5. The van der Waals surface area contributed by atoms with E-state index in [-0.39, 0.29) is 5.91 Å². The summed E-state index contributed by atoms with van der Waals surface area (Å²) in [4.78, 5) is 15.1. The molecule has 1 saturated heterocycles. The van der Waals surface area contributed by atoms with Crippen LogP contribution in [-0.2, 0) is 4.79 Å². The molecule has 1 aliphatic heterocycles. The maximum atomic E-state index is 11.5. The molecular formula is C9H13N5O. The van der Waals surface area contributed by atoms with Crippen LogP contribution in [-0.4, -0.2) is 47.7 Å². The molecule has 6 nitrogen and oxygen atoms in total. The molecule has 1 aromatic heterocycles. The molecule has 1 amide bonds. The van der Waals surface area contributed by atoms with Crippen molar-refractivity contribution >= 4 is 17.5 Å². The summed E-state index contributed by atoms with van der Waals surface area (Å²) in [6.45, 7) is 1.85. The lowest BCUT2D eigenvalue weighted by atomic mass is 10.3. The van der Waals surface area contributed by atoms with Crippen molar-refractivity contribution in [1.29, 1.82) is 0 Å². The van der Waals surface area contributed by atoms with Gasteiger partial charge >= 0.3 is 0 Å². The van der Waals surface area contributed by atoms with Gasteiger partial charge in [0.1, 0.15) is 5.82 Å². The average Bonchev–Trinajstić information content (AvgIpc) is 2.23. The van der Waals surface area contributed by atoms with E-state index >= 15 is 0 Å². The predicted molar refractivity (Wildman–Crippen MR) is 56.3 cm³/mol. The third-order valence-corrected chi connectivity index (χ3v) is 2.45. The quantitative estimate of drug-likeness (QED) is 0.661. The Morgan fingerprint density at radius 2 is 2.13 bits per heavy atom. The number of piperazine rings is 1. The normalized spacial score (nSPS) is 17.0. The van der Waals surface area contributed by atoms with Crippen molar-refractivity contribution in [3.05, 3.63) is 12.1 Å². The van der Waals surface area contributed by atoms with Gasteiger partial charge in [-0.15, -0.1) is 10.2 Å². The highest BCUT2D eigenvalue weighted by Gasteiger charge is 2.21. The molecule has 2 N–H and O–H groups in total. The molecule has 1 aliphatic rings. The van der Waals surface area contributed by atoms with Crippen LogP contribution >= 0.6 is 0 Å². The summed E-state index contributed by atoms with van der Waals surface area (Å²) >= 11 is 0. The van der Waals surface area contributed by atoms with Crippen LogP contribution in [0.5, 0.6) is 0 Å². The van der Waals surface area contributed by atoms with E-state index in [2.05, 4.69) is 10.2 Å². The number of aromatic nitrogens is 2. The molecule has 0 atom stereocenters. The van der Waals surface area contributed by atoms with Crippen LogP contribution in [0.2, 0.25) is 0 Å². The molecule has 0 spiro atoms. The second-order valence-corrected chi connectivity index (χ2v) is 3.55. The average molecular weight is 207 g/mol. The van der Waals surface area contributed by atoms with Crippen LogP contribution in [0.4, 0.5) is 11.6 Å². The Morgan fingerprint density at radius 1 is 1.33 bits per heavy atom. The Hall–Kier alpha value is -1.85. The van der Waals surface area contributed by atoms with E-state index in [1.54, 1.807) is 24.1 Å². The zero-order valence-corrected chi connectivity index (χ0v) is 8.55. The van der Waals surface area contributed by atoms with Crippen LogP contribution in [0.1, 0.15) is 0 Å². The third-order valence-electron chi connectivity index (χ3n) is 2.45. The Bertz CT molecular complexity index is 363. The first-order valence-electron chi connectivity index (χ1n) is 4.75. The van der Waals surface area contributed by atoms with Gasteiger partial charge in [0.2, 0.25) is 5.91 Å². The van der Waals surface area contributed by atoms with Gasteiger partial charge in [-0.05, 0) is 12.1 Å². The summed E-state index contributed by atoms with van der Waals surface area (Å²) in [7, 11) is 1.80. The zero-order valence-electron chi connectivity index (χ0n) is 8.55. The Morgan fingerprint density at radius 3 is 2.73 bits per heavy atom. The molecule has 2 rings (SSSR count). The standard InChI is InChI=1S/C9H13N5O/c1-13-4-5-14(6-9(13)15)8-3-2-7(10)11-12-8/h2-3H,4-6H2,1H3,(H2,10,11). The van der Waals surface area contributed by atoms with E-state index in [0.29, 0.717) is 24.7 Å². The fourth-order valence-corrected chi connectivity index (χ4v) is 1.46. The van der Waals surface area contributed by atoms with Crippen LogP contribution in [0.15, 0.2) is 12.1 Å². The van der Waals surface area contributed by atoms with E-state index in [1.165, 1.54) is 0 Å². The van der Waals surface area contributed by atoms with Crippen molar-refractivity contribution in [3.63, 3.8) is 0 Å². The topological polar surface area (TPSA) is 75.3 Å². The minimum absolute atomic E-state index is 0.0971. The summed E-state index contributed by atoms with van der Waals surface area (Å²) < 4.78 is 0. The van der Waals surface area contributed by atoms with Crippen molar-refractivity contribution in [3.8, 4) is 0 Å². The van der Waals surface area contributed by atoms with Gasteiger partial charge in [0.05, 0.1) is 6.54 Å². The van der Waals surface area contributed by atoms with Gasteiger partial charge in [0.15, 0.2) is 5.82 Å². The van der Waals surface area contributed by atoms with Crippen LogP contribution in [0, 0.1) is 0 Å². The van der Waals surface area contributed by atoms with Crippen molar-refractivity contribution in [2.75, 3.05) is 37.3 Å². The number of nitrogens with zero attached hydrogens (tertiary/aromatic N) is 4. The highest BCUT2D eigenvalue weighted by atomic mass is 16.2. The number of anilines is 2. The molecule has 0 radical (unpaired) electrons. The number of carbonyl (C=O) groups is 1. The van der Waals surface area contributed by atoms with Gasteiger partial charge in [-0.1, -0.05) is 0 Å². The highest BCUT2D eigenvalue weighted by molar-refractivity contribution is 5.82. The molecule has 1 aromatic rings. The van der Waals surface area contributed by atoms with E-state index in [4.69, 9.17) is 5.73 Å². The molecule has 2 heterocycles. The molecule has 15 heavy (non-hydrogen) atoms. The molecule has 0 aliphatic carbocycles. The van der Waals surface area contributed by atoms with Gasteiger partial charge in [0, 0.05) is 20.1 Å². The minimum atomic E-state index is 0.0971. The Labute approximate surface area is 87.7 Å². The number of nitrogens with two attached hydrogens (primary N) is 1. The highest BCUT2D eigenvalue weighted by Crippen LogP contribution is 2.12. The van der Waals surface area contributed by atoms with E-state index < -0.39 is 0 Å². The van der Waals surface area contributed by atoms with Crippen molar-refractivity contribution < 1.29 is 4.79 Å². The number of hydrogen-bond donors (Lipinski definition) is 1. The molecule has 80 valence electrons. The van der Waals surface area contributed by atoms with Crippen molar-refractivity contribution in [2.45, 2.75) is 0 Å². The number of rotatable bonds is 1. The summed E-state index contributed by atoms with van der Waals surface area (Å²) in [5.41, 5.74) is 5.44. The monoisotopic (exact) mass is 207 g/mol. The smallest absolute Gasteiger partial charge is 0.241 e. The van der Waals surface area contributed by atoms with Crippen molar-refractivity contribution in [2.24, 2.45) is 0 Å². The van der Waals surface area contributed by atoms with Gasteiger partial charge in [-0.3, -0.25) is 4.79 Å². The molecule has 1 fully saturated rings. The van der Waals surface area contributed by atoms with Crippen molar-refractivity contribution in [1.82, 2.24) is 15.1 Å². The van der Waals surface area contributed by atoms with E-state index in [9.17, 15) is 4.79 Å². The van der Waals surface area contributed by atoms with Gasteiger partial charge in [-0.2, -0.15) is 0 Å². The first kappa shape index (κ1) is 9.70. The number of likely N-dealkylation sites (N-methyl/N-ethyl adjacent to an activating group) is 1. The summed E-state index contributed by atoms with van der Waals surface area (Å²) in [5, 5.41) is 7.70. The first-order chi connectivity index (χ1) is 7.16. The van der Waals surface area contributed by atoms with E-state index in [0.717, 1.165) is 6.54 Å². The molecule has 0 bridgehead atoms. The molecule has 6 heteroatoms. The summed E-state index contributed by atoms with van der Waals surface area (Å²) in [6, 6.07) is 3.46. The van der Waals surface area contributed by atoms with Crippen LogP contribution < -0.4 is 10.6 Å². The SMILES string of the molecule is CN1CCN(c2ccc(N)nn2)CC1=O. The van der Waals surface area contributed by atoms with Gasteiger partial charge in [0.25, 0.3) is 0 Å². The molecule has 0 aromatic carbocycles. The molecular weight excluding hydrogens is 194 g/mol. The van der Waals surface area contributed by atoms with Crippen LogP contribution in [0.25, 0.3) is 0 Å². The zero-order chi connectivity index (χ0) is 10.8. The van der Waals surface area contributed by atoms with Crippen LogP contribution in [0.3, 0.4) is 0 Å².